The van der Waals surface area contributed by atoms with Crippen LogP contribution in [0.2, 0.25) is 0 Å². The first-order valence-corrected chi connectivity index (χ1v) is 3.60. The first-order valence-electron chi connectivity index (χ1n) is 3.60. The maximum absolute atomic E-state index is 8.42. The maximum Gasteiger partial charge on any atom is 1.00 e. The average molecular weight is 753 g/mol. The quantitative estimate of drug-likeness (QED) is 0.193. The van der Waals surface area contributed by atoms with Gasteiger partial charge in [-0.1, -0.05) is 0 Å². The fourth-order valence-corrected chi connectivity index (χ4v) is 0. The number of hydrogen-bond acceptors (Lipinski definition) is 15. The molecule has 0 saturated heterocycles. The fourth-order valence-electron chi connectivity index (χ4n) is 0. The van der Waals surface area contributed by atoms with Crippen molar-refractivity contribution in [3.8, 4) is 0 Å². The molecule has 0 aliphatic heterocycles. The third-order valence-corrected chi connectivity index (χ3v) is 0. The van der Waals surface area contributed by atoms with Crippen LogP contribution in [-0.2, 0) is 0 Å². The van der Waals surface area contributed by atoms with Crippen molar-refractivity contribution in [1.29, 1.82) is 0 Å². The summed E-state index contributed by atoms with van der Waals surface area (Å²) in [7, 11) is -13.8. The molecule has 200 valence electrons. The summed E-state index contributed by atoms with van der Waals surface area (Å²) in [4.78, 5) is 0. The summed E-state index contributed by atoms with van der Waals surface area (Å²) in [6.07, 6.45) is 0. The van der Waals surface area contributed by atoms with Gasteiger partial charge in [-0.3, -0.25) is 29.3 Å². The Labute approximate surface area is 509 Å². The summed E-state index contributed by atoms with van der Waals surface area (Å²) in [5.41, 5.74) is 0. The second-order valence-electron chi connectivity index (χ2n) is 1.50. The van der Waals surface area contributed by atoms with Crippen LogP contribution in [0.25, 0.3) is 0 Å². The van der Waals surface area contributed by atoms with E-state index in [4.69, 9.17) is 75.4 Å². The van der Waals surface area contributed by atoms with E-state index in [1.54, 1.807) is 0 Å². The van der Waals surface area contributed by atoms with Crippen LogP contribution in [0, 0.1) is 0 Å². The molecule has 0 aromatic rings. The molecule has 0 rings (SSSR count). The Morgan fingerprint density at radius 2 is 0.214 bits per heavy atom. The van der Waals surface area contributed by atoms with E-state index in [2.05, 4.69) is 0 Å². The normalized spacial score (nSPS) is 3.21. The molecule has 0 unspecified atom stereocenters. The molecule has 23 N–H and O–H groups in total. The second kappa shape index (κ2) is 199. The zero-order valence-corrected chi connectivity index (χ0v) is 50.1. The van der Waals surface area contributed by atoms with Crippen LogP contribution in [0.1, 0.15) is 0 Å². The number of hydrogen-bond donors (Lipinski definition) is 3. The molecule has 0 atom stereocenters. The minimum Gasteiger partial charge on any atom is -0.907 e. The topological polar surface area (TPSA) is 652 Å². The molecule has 0 aliphatic carbocycles. The van der Waals surface area contributed by atoms with Gasteiger partial charge in [0, 0.05) is 0 Å². The summed E-state index contributed by atoms with van der Waals surface area (Å²) in [5.74, 6) is 0. The van der Waals surface area contributed by atoms with Crippen LogP contribution in [0.5, 0.6) is 0 Å². The van der Waals surface area contributed by atoms with Crippen LogP contribution < -0.4 is 415 Å². The Hall–Kier alpha value is 11.3. The predicted molar refractivity (Wildman–Crippen MR) is 71.6 cm³/mol. The maximum atomic E-state index is 8.42. The summed E-state index contributed by atoms with van der Waals surface area (Å²) in [6.45, 7) is 0. The monoisotopic (exact) mass is 754 g/mol. The van der Waals surface area contributed by atoms with Crippen molar-refractivity contribution in [1.82, 2.24) is 0 Å². The van der Waals surface area contributed by atoms with E-state index in [-0.39, 0.29) is 409 Å². The zero-order valence-electron chi connectivity index (χ0n) is 26.1. The van der Waals surface area contributed by atoms with Gasteiger partial charge in [-0.25, -0.2) is 0 Å². The molecule has 42 heteroatoms. The molecule has 0 aliphatic rings. The van der Waals surface area contributed by atoms with Crippen molar-refractivity contribution in [3.63, 3.8) is 0 Å². The van der Waals surface area contributed by atoms with E-state index in [0.717, 1.165) is 0 Å². The number of rotatable bonds is 0. The largest absolute Gasteiger partial charge is 1.00 e. The molecule has 0 aromatic carbocycles. The molecule has 0 aromatic heterocycles. The molecule has 0 saturated carbocycles. The molecular formula is H23B5Na12O25. The smallest absolute Gasteiger partial charge is 0.907 e. The second-order valence-corrected chi connectivity index (χ2v) is 1.50. The van der Waals surface area contributed by atoms with E-state index in [1.807, 2.05) is 0 Å². The van der Waals surface area contributed by atoms with Gasteiger partial charge in [0.2, 0.25) is 0 Å². The molecule has 0 bridgehead atoms. The molecule has 0 amide bonds. The van der Waals surface area contributed by atoms with Crippen LogP contribution >= 0.6 is 0 Å². The van der Waals surface area contributed by atoms with Gasteiger partial charge >= 0.3 is 362 Å². The van der Waals surface area contributed by atoms with Gasteiger partial charge in [0.1, 0.15) is 0 Å². The van der Waals surface area contributed by atoms with Gasteiger partial charge in [0.25, 0.3) is 0 Å². The van der Waals surface area contributed by atoms with E-state index in [1.165, 1.54) is 0 Å². The Balaban J connectivity index is -0.00000000237. The predicted octanol–water partition coefficient (Wildman–Crippen LogP) is -62.0. The van der Waals surface area contributed by atoms with Crippen LogP contribution in [0.3, 0.4) is 0 Å². The Morgan fingerprint density at radius 1 is 0.214 bits per heavy atom. The van der Waals surface area contributed by atoms with Crippen LogP contribution in [-0.4, -0.2) is 106 Å². The van der Waals surface area contributed by atoms with Gasteiger partial charge in [0.05, 0.1) is 0 Å². The summed E-state index contributed by atoms with van der Waals surface area (Å²) < 4.78 is 0. The van der Waals surface area contributed by atoms with Gasteiger partial charge < -0.3 is 130 Å². The molecule has 0 heterocycles. The van der Waals surface area contributed by atoms with Crippen LogP contribution in [0.4, 0.5) is 0 Å². The fraction of sp³-hybridized carbons (Fsp3) is 0. The third-order valence-electron chi connectivity index (χ3n) is 0. The molecular weight excluding hydrogens is 730 g/mol. The first kappa shape index (κ1) is 211. The van der Waals surface area contributed by atoms with Gasteiger partial charge in [-0.05, 0) is 0 Å². The van der Waals surface area contributed by atoms with E-state index < -0.39 is 36.6 Å². The van der Waals surface area contributed by atoms with E-state index in [9.17, 15) is 0 Å². The van der Waals surface area contributed by atoms with Crippen molar-refractivity contribution in [2.45, 2.75) is 0 Å². The van der Waals surface area contributed by atoms with Crippen molar-refractivity contribution in [3.05, 3.63) is 0 Å². The van der Waals surface area contributed by atoms with Gasteiger partial charge in [-0.15, -0.1) is 0 Å². The average Bonchev–Trinajstić information content (AvgIpc) is 1.94. The van der Waals surface area contributed by atoms with Gasteiger partial charge in [0.15, 0.2) is 0 Å². The molecule has 0 spiro atoms. The molecule has 0 radical (unpaired) electrons. The first-order chi connectivity index (χ1) is 8.66. The summed E-state index contributed by atoms with van der Waals surface area (Å²) in [5, 5.41) is 123. The summed E-state index contributed by atoms with van der Waals surface area (Å²) >= 11 is 0. The molecule has 0 fully saturated rings. The Kier molecular flexibility index (Phi) is 998. The van der Waals surface area contributed by atoms with Crippen molar-refractivity contribution >= 4 is 36.6 Å². The van der Waals surface area contributed by atoms with E-state index >= 15 is 0 Å². The Bertz CT molecular complexity index is 114. The minimum absolute atomic E-state index is 0. The minimum atomic E-state index is -2.92. The van der Waals surface area contributed by atoms with Crippen molar-refractivity contribution < 1.29 is 485 Å². The van der Waals surface area contributed by atoms with Gasteiger partial charge in [-0.2, -0.15) is 0 Å². The summed E-state index contributed by atoms with van der Waals surface area (Å²) in [6, 6.07) is 0. The van der Waals surface area contributed by atoms with Crippen molar-refractivity contribution in [2.24, 2.45) is 0 Å². The van der Waals surface area contributed by atoms with E-state index in [0.29, 0.717) is 0 Å². The molecule has 42 heavy (non-hydrogen) atoms. The Morgan fingerprint density at radius 3 is 0.214 bits per heavy atom. The third kappa shape index (κ3) is 1010. The van der Waals surface area contributed by atoms with Crippen molar-refractivity contribution in [2.75, 3.05) is 0 Å². The molecule has 25 nitrogen and oxygen atoms in total. The van der Waals surface area contributed by atoms with Crippen LogP contribution in [0.15, 0.2) is 0 Å². The zero-order chi connectivity index (χ0) is 17.9. The standard InChI is InChI=1S/BH3O3.4BO3.12Na.10H2O/c5*2-1(3)4;;;;;;;;;;;;;;;;;;;;;;/h2-4H;;;;;;;;;;;;;;;;;10*1H2/q;4*-3;12*+1;;;;;;;;;;. The SMILES string of the molecule is O.O.O.O.O.O.O.O.O.O.OB(O)O.[Na+].[Na+].[Na+].[Na+].[Na+].[Na+].[Na+].[Na+].[Na+].[Na+].[Na+].[Na+].[O-]B([O-])[O-].[O-]B([O-])[O-].[O-]B([O-])[O-].[O-]B([O-])[O-].